The zero-order chi connectivity index (χ0) is 23.7. The maximum Gasteiger partial charge on any atom is 0.263 e. The van der Waals surface area contributed by atoms with E-state index in [1.807, 2.05) is 6.07 Å². The predicted molar refractivity (Wildman–Crippen MR) is 139 cm³/mol. The first-order valence-corrected chi connectivity index (χ1v) is 13.6. The van der Waals surface area contributed by atoms with Crippen LogP contribution in [0.4, 0.5) is 5.69 Å². The lowest BCUT2D eigenvalue weighted by molar-refractivity contribution is -0.116. The van der Waals surface area contributed by atoms with Crippen molar-refractivity contribution in [3.05, 3.63) is 55.9 Å². The standard InChI is InChI=1S/C27H34N4O2S/c1-3-18-10-9-11-19(4-2)25(18)29-23(32)17-31-22(16-30-14-7-8-15-30)28-26-24(27(31)33)20-12-5-6-13-21(20)34-26/h9-11H,3-8,12-17H2,1-2H3,(H,29,32). The molecule has 3 heterocycles. The maximum absolute atomic E-state index is 13.8. The van der Waals surface area contributed by atoms with Gasteiger partial charge in [0.15, 0.2) is 0 Å². The number of nitrogens with one attached hydrogen (secondary N) is 1. The first-order valence-electron chi connectivity index (χ1n) is 12.8. The van der Waals surface area contributed by atoms with Crippen LogP contribution in [0, 0.1) is 0 Å². The Hall–Kier alpha value is -2.51. The average molecular weight is 479 g/mol. The topological polar surface area (TPSA) is 67.2 Å². The monoisotopic (exact) mass is 478 g/mol. The van der Waals surface area contributed by atoms with Crippen molar-refractivity contribution < 1.29 is 4.79 Å². The first-order chi connectivity index (χ1) is 16.6. The number of amides is 1. The number of aryl methyl sites for hydroxylation is 4. The van der Waals surface area contributed by atoms with Gasteiger partial charge < -0.3 is 5.32 Å². The van der Waals surface area contributed by atoms with Crippen LogP contribution in [-0.4, -0.2) is 33.4 Å². The summed E-state index contributed by atoms with van der Waals surface area (Å²) in [6.07, 6.45) is 8.30. The molecule has 1 amide bonds. The van der Waals surface area contributed by atoms with Crippen molar-refractivity contribution in [1.29, 1.82) is 0 Å². The van der Waals surface area contributed by atoms with Gasteiger partial charge in [-0.25, -0.2) is 4.98 Å². The summed E-state index contributed by atoms with van der Waals surface area (Å²) in [5.41, 5.74) is 4.27. The van der Waals surface area contributed by atoms with Crippen LogP contribution >= 0.6 is 11.3 Å². The van der Waals surface area contributed by atoms with Gasteiger partial charge in [-0.2, -0.15) is 0 Å². The zero-order valence-corrected chi connectivity index (χ0v) is 21.1. The number of anilines is 1. The van der Waals surface area contributed by atoms with Gasteiger partial charge in [0.1, 0.15) is 17.2 Å². The van der Waals surface area contributed by atoms with Gasteiger partial charge in [-0.15, -0.1) is 11.3 Å². The lowest BCUT2D eigenvalue weighted by atomic mass is 9.97. The van der Waals surface area contributed by atoms with Crippen LogP contribution < -0.4 is 10.9 Å². The van der Waals surface area contributed by atoms with Gasteiger partial charge in [0.25, 0.3) is 5.56 Å². The minimum Gasteiger partial charge on any atom is -0.324 e. The van der Waals surface area contributed by atoms with E-state index in [2.05, 4.69) is 36.2 Å². The number of benzene rings is 1. The quantitative estimate of drug-likeness (QED) is 0.535. The summed E-state index contributed by atoms with van der Waals surface area (Å²) in [6, 6.07) is 6.17. The number of hydrogen-bond acceptors (Lipinski definition) is 5. The summed E-state index contributed by atoms with van der Waals surface area (Å²) in [6.45, 7) is 6.85. The van der Waals surface area contributed by atoms with Gasteiger partial charge in [0, 0.05) is 10.6 Å². The number of nitrogens with zero attached hydrogens (tertiary/aromatic N) is 3. The molecule has 1 aromatic carbocycles. The van der Waals surface area contributed by atoms with Crippen molar-refractivity contribution in [3.63, 3.8) is 0 Å². The van der Waals surface area contributed by atoms with E-state index in [9.17, 15) is 9.59 Å². The zero-order valence-electron chi connectivity index (χ0n) is 20.3. The van der Waals surface area contributed by atoms with Crippen molar-refractivity contribution in [2.24, 2.45) is 0 Å². The molecule has 3 aromatic rings. The lowest BCUT2D eigenvalue weighted by Crippen LogP contribution is -2.34. The second-order valence-electron chi connectivity index (χ2n) is 9.50. The molecule has 5 rings (SSSR count). The lowest BCUT2D eigenvalue weighted by Gasteiger charge is -2.19. The van der Waals surface area contributed by atoms with Crippen LogP contribution in [0.25, 0.3) is 10.2 Å². The molecule has 34 heavy (non-hydrogen) atoms. The molecule has 2 aromatic heterocycles. The fourth-order valence-electron chi connectivity index (χ4n) is 5.43. The highest BCUT2D eigenvalue weighted by atomic mass is 32.1. The Morgan fingerprint density at radius 1 is 1.06 bits per heavy atom. The number of thiophene rings is 1. The summed E-state index contributed by atoms with van der Waals surface area (Å²) in [5, 5.41) is 3.90. The Morgan fingerprint density at radius 3 is 2.47 bits per heavy atom. The van der Waals surface area contributed by atoms with Gasteiger partial charge in [-0.1, -0.05) is 32.0 Å². The number of aromatic nitrogens is 2. The molecule has 6 nitrogen and oxygen atoms in total. The predicted octanol–water partition coefficient (Wildman–Crippen LogP) is 4.70. The van der Waals surface area contributed by atoms with Gasteiger partial charge in [-0.05, 0) is 81.1 Å². The number of para-hydroxylation sites is 1. The molecule has 1 saturated heterocycles. The van der Waals surface area contributed by atoms with E-state index in [0.717, 1.165) is 72.2 Å². The minimum absolute atomic E-state index is 0.00320. The molecule has 180 valence electrons. The summed E-state index contributed by atoms with van der Waals surface area (Å²) in [5.74, 6) is 0.554. The van der Waals surface area contributed by atoms with E-state index < -0.39 is 0 Å². The van der Waals surface area contributed by atoms with Crippen molar-refractivity contribution >= 4 is 33.1 Å². The van der Waals surface area contributed by atoms with Crippen molar-refractivity contribution in [2.75, 3.05) is 18.4 Å². The second kappa shape index (κ2) is 10.0. The number of likely N-dealkylation sites (tertiary alicyclic amines) is 1. The molecular formula is C27H34N4O2S. The summed E-state index contributed by atoms with van der Waals surface area (Å²) in [7, 11) is 0. The van der Waals surface area contributed by atoms with E-state index >= 15 is 0 Å². The third-order valence-corrected chi connectivity index (χ3v) is 8.47. The molecular weight excluding hydrogens is 444 g/mol. The van der Waals surface area contributed by atoms with Crippen LogP contribution in [0.1, 0.15) is 66.9 Å². The van der Waals surface area contributed by atoms with E-state index in [1.165, 1.54) is 29.7 Å². The molecule has 7 heteroatoms. The first kappa shape index (κ1) is 23.2. The summed E-state index contributed by atoms with van der Waals surface area (Å²) < 4.78 is 1.65. The van der Waals surface area contributed by atoms with E-state index in [0.29, 0.717) is 12.4 Å². The van der Waals surface area contributed by atoms with E-state index in [-0.39, 0.29) is 18.0 Å². The molecule has 1 aliphatic carbocycles. The highest BCUT2D eigenvalue weighted by Crippen LogP contribution is 2.34. The maximum atomic E-state index is 13.8. The Kier molecular flexibility index (Phi) is 6.84. The minimum atomic E-state index is -0.161. The number of carbonyl (C=O) groups excluding carboxylic acids is 1. The number of rotatable bonds is 7. The Morgan fingerprint density at radius 2 is 1.76 bits per heavy atom. The molecule has 1 N–H and O–H groups in total. The summed E-state index contributed by atoms with van der Waals surface area (Å²) >= 11 is 1.68. The Labute approximate surface area is 205 Å². The smallest absolute Gasteiger partial charge is 0.263 e. The third-order valence-electron chi connectivity index (χ3n) is 7.28. The van der Waals surface area contributed by atoms with Crippen LogP contribution in [-0.2, 0) is 43.6 Å². The van der Waals surface area contributed by atoms with Gasteiger partial charge in [0.05, 0.1) is 11.9 Å². The molecule has 0 atom stereocenters. The Bertz CT molecular complexity index is 1250. The highest BCUT2D eigenvalue weighted by molar-refractivity contribution is 7.18. The van der Waals surface area contributed by atoms with Gasteiger partial charge >= 0.3 is 0 Å². The summed E-state index contributed by atoms with van der Waals surface area (Å²) in [4.78, 5) is 36.6. The van der Waals surface area contributed by atoms with Gasteiger partial charge in [-0.3, -0.25) is 19.1 Å². The van der Waals surface area contributed by atoms with Gasteiger partial charge in [0.2, 0.25) is 5.91 Å². The molecule has 0 unspecified atom stereocenters. The number of fused-ring (bicyclic) bond motifs is 3. The molecule has 2 aliphatic rings. The van der Waals surface area contributed by atoms with Crippen molar-refractivity contribution in [2.45, 2.75) is 78.3 Å². The van der Waals surface area contributed by atoms with E-state index in [1.54, 1.807) is 15.9 Å². The van der Waals surface area contributed by atoms with Crippen LogP contribution in [0.2, 0.25) is 0 Å². The molecule has 1 fully saturated rings. The molecule has 1 aliphatic heterocycles. The average Bonchev–Trinajstić information content (AvgIpc) is 3.49. The second-order valence-corrected chi connectivity index (χ2v) is 10.6. The van der Waals surface area contributed by atoms with Crippen LogP contribution in [0.3, 0.4) is 0 Å². The van der Waals surface area contributed by atoms with Crippen molar-refractivity contribution in [3.8, 4) is 0 Å². The number of carbonyl (C=O) groups is 1. The SMILES string of the molecule is CCc1cccc(CC)c1NC(=O)Cn1c(CN2CCCC2)nc2sc3c(c2c1=O)CCCC3. The molecule has 0 saturated carbocycles. The molecule has 0 radical (unpaired) electrons. The van der Waals surface area contributed by atoms with E-state index in [4.69, 9.17) is 4.98 Å². The van der Waals surface area contributed by atoms with Crippen LogP contribution in [0.15, 0.2) is 23.0 Å². The fraction of sp³-hybridized carbons (Fsp3) is 0.519. The Balaban J connectivity index is 1.53. The highest BCUT2D eigenvalue weighted by Gasteiger charge is 2.24. The molecule has 0 spiro atoms. The van der Waals surface area contributed by atoms with Crippen LogP contribution in [0.5, 0.6) is 0 Å². The third kappa shape index (κ3) is 4.43. The molecule has 0 bridgehead atoms. The van der Waals surface area contributed by atoms with Crippen molar-refractivity contribution in [1.82, 2.24) is 14.5 Å². The normalized spacial score (nSPS) is 16.2. The number of hydrogen-bond donors (Lipinski definition) is 1. The largest absolute Gasteiger partial charge is 0.324 e. The fourth-order valence-corrected chi connectivity index (χ4v) is 6.70.